The highest BCUT2D eigenvalue weighted by atomic mass is 35.5. The monoisotopic (exact) mass is 322 g/mol. The molecular weight excluding hydrogens is 305 g/mol. The summed E-state index contributed by atoms with van der Waals surface area (Å²) in [5.74, 6) is 0.0866. The minimum atomic E-state index is -4.39. The third-order valence-electron chi connectivity index (χ3n) is 3.44. The zero-order valence-corrected chi connectivity index (χ0v) is 12.2. The van der Waals surface area contributed by atoms with Crippen molar-refractivity contribution in [3.05, 3.63) is 35.4 Å². The van der Waals surface area contributed by atoms with E-state index in [2.05, 4.69) is 10.6 Å². The Kier molecular flexibility index (Phi) is 6.48. The molecule has 1 saturated heterocycles. The van der Waals surface area contributed by atoms with Gasteiger partial charge in [0.1, 0.15) is 0 Å². The van der Waals surface area contributed by atoms with Crippen molar-refractivity contribution in [1.82, 2.24) is 10.6 Å². The van der Waals surface area contributed by atoms with Crippen LogP contribution < -0.4 is 10.6 Å². The summed E-state index contributed by atoms with van der Waals surface area (Å²) in [6.45, 7) is 1.61. The van der Waals surface area contributed by atoms with Crippen LogP contribution in [0.25, 0.3) is 0 Å². The molecule has 21 heavy (non-hydrogen) atoms. The largest absolute Gasteiger partial charge is 0.416 e. The SMILES string of the molecule is Cl.O=C(CC1CCNC1)NCc1ccccc1C(F)(F)F. The lowest BCUT2D eigenvalue weighted by Crippen LogP contribution is -2.27. The summed E-state index contributed by atoms with van der Waals surface area (Å²) in [5, 5.41) is 5.72. The van der Waals surface area contributed by atoms with Gasteiger partial charge < -0.3 is 10.6 Å². The zero-order chi connectivity index (χ0) is 14.6. The first-order valence-corrected chi connectivity index (χ1v) is 6.59. The van der Waals surface area contributed by atoms with Crippen LogP contribution in [0.3, 0.4) is 0 Å². The second-order valence-electron chi connectivity index (χ2n) is 4.99. The van der Waals surface area contributed by atoms with Gasteiger partial charge in [-0.1, -0.05) is 18.2 Å². The van der Waals surface area contributed by atoms with E-state index >= 15 is 0 Å². The molecule has 0 saturated carbocycles. The number of hydrogen-bond donors (Lipinski definition) is 2. The Hall–Kier alpha value is -1.27. The second-order valence-corrected chi connectivity index (χ2v) is 4.99. The Labute approximate surface area is 127 Å². The van der Waals surface area contributed by atoms with Crippen molar-refractivity contribution in [2.24, 2.45) is 5.92 Å². The van der Waals surface area contributed by atoms with Crippen LogP contribution in [0, 0.1) is 5.92 Å². The van der Waals surface area contributed by atoms with Gasteiger partial charge in [-0.25, -0.2) is 0 Å². The molecule has 1 aromatic rings. The van der Waals surface area contributed by atoms with Gasteiger partial charge >= 0.3 is 6.18 Å². The molecule has 0 radical (unpaired) electrons. The Bertz CT molecular complexity index is 474. The number of benzene rings is 1. The van der Waals surface area contributed by atoms with E-state index in [9.17, 15) is 18.0 Å². The van der Waals surface area contributed by atoms with Crippen molar-refractivity contribution < 1.29 is 18.0 Å². The van der Waals surface area contributed by atoms with Gasteiger partial charge in [0.15, 0.2) is 0 Å². The molecule has 1 aliphatic heterocycles. The topological polar surface area (TPSA) is 41.1 Å². The number of halogens is 4. The lowest BCUT2D eigenvalue weighted by Gasteiger charge is -2.14. The van der Waals surface area contributed by atoms with Crippen molar-refractivity contribution in [1.29, 1.82) is 0 Å². The molecule has 0 aromatic heterocycles. The van der Waals surface area contributed by atoms with Crippen LogP contribution in [-0.4, -0.2) is 19.0 Å². The highest BCUT2D eigenvalue weighted by Gasteiger charge is 2.32. The molecule has 7 heteroatoms. The van der Waals surface area contributed by atoms with Gasteiger partial charge in [0.25, 0.3) is 0 Å². The Morgan fingerprint density at radius 1 is 1.33 bits per heavy atom. The first kappa shape index (κ1) is 17.8. The van der Waals surface area contributed by atoms with E-state index in [-0.39, 0.29) is 36.3 Å². The maximum Gasteiger partial charge on any atom is 0.416 e. The van der Waals surface area contributed by atoms with Crippen LogP contribution in [-0.2, 0) is 17.5 Å². The average Bonchev–Trinajstić information content (AvgIpc) is 2.88. The van der Waals surface area contributed by atoms with Gasteiger partial charge in [0.05, 0.1) is 5.56 Å². The van der Waals surface area contributed by atoms with E-state index in [1.54, 1.807) is 0 Å². The van der Waals surface area contributed by atoms with E-state index in [1.807, 2.05) is 0 Å². The van der Waals surface area contributed by atoms with Crippen molar-refractivity contribution >= 4 is 18.3 Å². The standard InChI is InChI=1S/C14H17F3N2O.ClH/c15-14(16,17)12-4-2-1-3-11(12)9-19-13(20)7-10-5-6-18-8-10;/h1-4,10,18H,5-9H2,(H,19,20);1H. The van der Waals surface area contributed by atoms with E-state index < -0.39 is 11.7 Å². The molecule has 1 heterocycles. The minimum Gasteiger partial charge on any atom is -0.352 e. The predicted octanol–water partition coefficient (Wildman–Crippen LogP) is 2.74. The van der Waals surface area contributed by atoms with Crippen LogP contribution in [0.5, 0.6) is 0 Å². The second kappa shape index (κ2) is 7.66. The molecular formula is C14H18ClF3N2O. The summed E-state index contributed by atoms with van der Waals surface area (Å²) in [6, 6.07) is 5.30. The molecule has 2 N–H and O–H groups in total. The maximum atomic E-state index is 12.8. The summed E-state index contributed by atoms with van der Waals surface area (Å²) in [6.07, 6.45) is -3.09. The van der Waals surface area contributed by atoms with Crippen LogP contribution in [0.4, 0.5) is 13.2 Å². The zero-order valence-electron chi connectivity index (χ0n) is 11.4. The van der Waals surface area contributed by atoms with Gasteiger partial charge in [0.2, 0.25) is 5.91 Å². The molecule has 0 spiro atoms. The number of hydrogen-bond acceptors (Lipinski definition) is 2. The Morgan fingerprint density at radius 3 is 2.67 bits per heavy atom. The first-order chi connectivity index (χ1) is 9.47. The highest BCUT2D eigenvalue weighted by molar-refractivity contribution is 5.85. The maximum absolute atomic E-state index is 12.8. The third-order valence-corrected chi connectivity index (χ3v) is 3.44. The normalized spacial score (nSPS) is 18.1. The molecule has 0 aliphatic carbocycles. The third kappa shape index (κ3) is 5.21. The number of carbonyl (C=O) groups excluding carboxylic acids is 1. The molecule has 0 bridgehead atoms. The van der Waals surface area contributed by atoms with Crippen LogP contribution in [0.2, 0.25) is 0 Å². The molecule has 3 nitrogen and oxygen atoms in total. The average molecular weight is 323 g/mol. The lowest BCUT2D eigenvalue weighted by molar-refractivity contribution is -0.138. The molecule has 1 aromatic carbocycles. The van der Waals surface area contributed by atoms with Gasteiger partial charge in [-0.05, 0) is 37.1 Å². The van der Waals surface area contributed by atoms with Crippen molar-refractivity contribution in [2.75, 3.05) is 13.1 Å². The number of rotatable bonds is 4. The number of carbonyl (C=O) groups is 1. The van der Waals surface area contributed by atoms with Crippen LogP contribution >= 0.6 is 12.4 Å². The molecule has 1 fully saturated rings. The van der Waals surface area contributed by atoms with E-state index in [0.29, 0.717) is 6.42 Å². The smallest absolute Gasteiger partial charge is 0.352 e. The van der Waals surface area contributed by atoms with Crippen LogP contribution in [0.15, 0.2) is 24.3 Å². The summed E-state index contributed by atoms with van der Waals surface area (Å²) in [7, 11) is 0. The fourth-order valence-electron chi connectivity index (χ4n) is 2.37. The van der Waals surface area contributed by atoms with Gasteiger partial charge in [-0.3, -0.25) is 4.79 Å². The number of amides is 1. The van der Waals surface area contributed by atoms with E-state index in [4.69, 9.17) is 0 Å². The van der Waals surface area contributed by atoms with E-state index in [1.165, 1.54) is 18.2 Å². The number of alkyl halides is 3. The highest BCUT2D eigenvalue weighted by Crippen LogP contribution is 2.31. The molecule has 1 aliphatic rings. The summed E-state index contributed by atoms with van der Waals surface area (Å²) in [4.78, 5) is 11.7. The van der Waals surface area contributed by atoms with E-state index in [0.717, 1.165) is 25.6 Å². The van der Waals surface area contributed by atoms with Crippen LogP contribution in [0.1, 0.15) is 24.0 Å². The van der Waals surface area contributed by atoms with Crippen molar-refractivity contribution in [3.63, 3.8) is 0 Å². The quantitative estimate of drug-likeness (QED) is 0.895. The minimum absolute atomic E-state index is 0. The van der Waals surface area contributed by atoms with Gasteiger partial charge in [-0.15, -0.1) is 12.4 Å². The molecule has 1 unspecified atom stereocenters. The summed E-state index contributed by atoms with van der Waals surface area (Å²) >= 11 is 0. The molecule has 118 valence electrons. The Balaban J connectivity index is 0.00000220. The Morgan fingerprint density at radius 2 is 2.05 bits per heavy atom. The fraction of sp³-hybridized carbons (Fsp3) is 0.500. The number of nitrogens with one attached hydrogen (secondary N) is 2. The van der Waals surface area contributed by atoms with Crippen molar-refractivity contribution in [3.8, 4) is 0 Å². The predicted molar refractivity (Wildman–Crippen MR) is 76.1 cm³/mol. The molecule has 1 amide bonds. The lowest BCUT2D eigenvalue weighted by atomic mass is 10.0. The van der Waals surface area contributed by atoms with Gasteiger partial charge in [0, 0.05) is 13.0 Å². The first-order valence-electron chi connectivity index (χ1n) is 6.59. The van der Waals surface area contributed by atoms with Gasteiger partial charge in [-0.2, -0.15) is 13.2 Å². The summed E-state index contributed by atoms with van der Waals surface area (Å²) in [5.41, 5.74) is -0.597. The fourth-order valence-corrected chi connectivity index (χ4v) is 2.37. The molecule has 2 rings (SSSR count). The summed E-state index contributed by atoms with van der Waals surface area (Å²) < 4.78 is 38.3. The van der Waals surface area contributed by atoms with Crippen molar-refractivity contribution in [2.45, 2.75) is 25.6 Å². The molecule has 1 atom stereocenters.